The van der Waals surface area contributed by atoms with Gasteiger partial charge in [-0.3, -0.25) is 4.79 Å². The molecule has 0 aliphatic rings. The predicted molar refractivity (Wildman–Crippen MR) is 97.1 cm³/mol. The van der Waals surface area contributed by atoms with Crippen molar-refractivity contribution >= 4 is 17.2 Å². The molecule has 0 fully saturated rings. The lowest BCUT2D eigenvalue weighted by Crippen LogP contribution is -2.29. The number of carbonyl (C=O) groups excluding carboxylic acids is 1. The molecule has 1 aromatic carbocycles. The first-order valence-corrected chi connectivity index (χ1v) is 8.74. The van der Waals surface area contributed by atoms with Crippen molar-refractivity contribution in [1.82, 2.24) is 9.88 Å². The number of aliphatic hydroxyl groups excluding tert-OH is 1. The Bertz CT molecular complexity index is 794. The predicted octanol–water partition coefficient (Wildman–Crippen LogP) is 3.61. The first-order valence-electron chi connectivity index (χ1n) is 7.86. The molecule has 3 rings (SSSR count). The fourth-order valence-corrected chi connectivity index (χ4v) is 3.62. The highest BCUT2D eigenvalue weighted by molar-refractivity contribution is 7.10. The van der Waals surface area contributed by atoms with Gasteiger partial charge in [-0.25, -0.2) is 0 Å². The summed E-state index contributed by atoms with van der Waals surface area (Å²) in [6, 6.07) is 15.5. The number of aryl methyl sites for hydroxylation is 1. The summed E-state index contributed by atoms with van der Waals surface area (Å²) < 4.78 is 1.95. The van der Waals surface area contributed by atoms with Crippen LogP contribution in [0.15, 0.2) is 60.1 Å². The maximum Gasteiger partial charge on any atom is 0.253 e. The average molecular weight is 340 g/mol. The van der Waals surface area contributed by atoms with Gasteiger partial charge in [-0.15, -0.1) is 11.3 Å². The number of nitrogens with one attached hydrogen (secondary N) is 1. The van der Waals surface area contributed by atoms with E-state index < -0.39 is 0 Å². The van der Waals surface area contributed by atoms with Crippen LogP contribution in [0, 0.1) is 0 Å². The van der Waals surface area contributed by atoms with Gasteiger partial charge in [-0.2, -0.15) is 0 Å². The Morgan fingerprint density at radius 3 is 2.67 bits per heavy atom. The van der Waals surface area contributed by atoms with Crippen molar-refractivity contribution in [3.63, 3.8) is 0 Å². The molecular formula is C19H20N2O2S. The molecule has 0 spiro atoms. The molecule has 24 heavy (non-hydrogen) atoms. The second kappa shape index (κ2) is 7.47. The van der Waals surface area contributed by atoms with Crippen molar-refractivity contribution in [2.24, 2.45) is 7.05 Å². The van der Waals surface area contributed by atoms with Crippen LogP contribution in [0.4, 0.5) is 0 Å². The molecule has 2 N–H and O–H groups in total. The Balaban J connectivity index is 1.88. The summed E-state index contributed by atoms with van der Waals surface area (Å²) in [5, 5.41) is 14.3. The third-order valence-electron chi connectivity index (χ3n) is 3.97. The molecule has 1 amide bonds. The number of aliphatic hydroxyl groups is 1. The fraction of sp³-hybridized carbons (Fsp3) is 0.211. The summed E-state index contributed by atoms with van der Waals surface area (Å²) in [4.78, 5) is 13.9. The molecule has 124 valence electrons. The van der Waals surface area contributed by atoms with Gasteiger partial charge >= 0.3 is 0 Å². The molecule has 0 saturated heterocycles. The monoisotopic (exact) mass is 340 g/mol. The van der Waals surface area contributed by atoms with Crippen LogP contribution in [0.3, 0.4) is 0 Å². The second-order valence-corrected chi connectivity index (χ2v) is 6.59. The Labute approximate surface area is 145 Å². The summed E-state index contributed by atoms with van der Waals surface area (Å²) in [6.07, 6.45) is 2.39. The van der Waals surface area contributed by atoms with Gasteiger partial charge in [0.1, 0.15) is 0 Å². The van der Waals surface area contributed by atoms with Gasteiger partial charge in [-0.05, 0) is 29.5 Å². The minimum atomic E-state index is -0.175. The minimum Gasteiger partial charge on any atom is -0.396 e. The van der Waals surface area contributed by atoms with Crippen molar-refractivity contribution < 1.29 is 9.90 Å². The van der Waals surface area contributed by atoms with E-state index in [4.69, 9.17) is 0 Å². The fourth-order valence-electron chi connectivity index (χ4n) is 2.81. The number of rotatable bonds is 6. The molecule has 0 bridgehead atoms. The molecule has 0 radical (unpaired) electrons. The average Bonchev–Trinajstić information content (AvgIpc) is 3.25. The zero-order chi connectivity index (χ0) is 16.9. The van der Waals surface area contributed by atoms with Gasteiger partial charge in [-0.1, -0.05) is 36.4 Å². The quantitative estimate of drug-likeness (QED) is 0.720. The van der Waals surface area contributed by atoms with Crippen molar-refractivity contribution in [1.29, 1.82) is 0 Å². The van der Waals surface area contributed by atoms with Crippen LogP contribution >= 0.6 is 11.3 Å². The lowest BCUT2D eigenvalue weighted by atomic mass is 10.1. The first-order chi connectivity index (χ1) is 11.7. The molecule has 4 nitrogen and oxygen atoms in total. The van der Waals surface area contributed by atoms with Crippen LogP contribution in [0.5, 0.6) is 0 Å². The molecule has 1 unspecified atom stereocenters. The standard InChI is InChI=1S/C19H20N2O2S/c1-21-11-9-15(18(21)14-6-3-2-4-7-14)19(23)20-16(10-12-22)17-8-5-13-24-17/h2-9,11,13,16,22H,10,12H2,1H3,(H,20,23). The number of nitrogens with zero attached hydrogens (tertiary/aromatic N) is 1. The topological polar surface area (TPSA) is 54.3 Å². The van der Waals surface area contributed by atoms with E-state index in [1.165, 1.54) is 0 Å². The van der Waals surface area contributed by atoms with E-state index in [-0.39, 0.29) is 18.6 Å². The van der Waals surface area contributed by atoms with Gasteiger partial charge in [0.2, 0.25) is 0 Å². The number of hydrogen-bond donors (Lipinski definition) is 2. The van der Waals surface area contributed by atoms with Gasteiger partial charge < -0.3 is 15.0 Å². The van der Waals surface area contributed by atoms with E-state index in [0.29, 0.717) is 12.0 Å². The van der Waals surface area contributed by atoms with Crippen LogP contribution in [-0.4, -0.2) is 22.2 Å². The van der Waals surface area contributed by atoms with E-state index in [2.05, 4.69) is 5.32 Å². The van der Waals surface area contributed by atoms with Crippen LogP contribution in [-0.2, 0) is 7.05 Å². The summed E-state index contributed by atoms with van der Waals surface area (Å²) >= 11 is 1.58. The van der Waals surface area contributed by atoms with E-state index in [0.717, 1.165) is 16.1 Å². The van der Waals surface area contributed by atoms with Crippen molar-refractivity contribution in [3.05, 3.63) is 70.5 Å². The Hall–Kier alpha value is -2.37. The third kappa shape index (κ3) is 3.42. The van der Waals surface area contributed by atoms with E-state index in [1.807, 2.05) is 71.7 Å². The van der Waals surface area contributed by atoms with Crippen molar-refractivity contribution in [2.45, 2.75) is 12.5 Å². The number of aromatic nitrogens is 1. The maximum absolute atomic E-state index is 12.8. The molecule has 3 aromatic rings. The van der Waals surface area contributed by atoms with Crippen LogP contribution < -0.4 is 5.32 Å². The van der Waals surface area contributed by atoms with E-state index in [1.54, 1.807) is 11.3 Å². The number of thiophene rings is 1. The zero-order valence-electron chi connectivity index (χ0n) is 13.5. The van der Waals surface area contributed by atoms with Crippen LogP contribution in [0.25, 0.3) is 11.3 Å². The number of benzene rings is 1. The lowest BCUT2D eigenvalue weighted by molar-refractivity contribution is 0.0931. The summed E-state index contributed by atoms with van der Waals surface area (Å²) in [5.74, 6) is -0.124. The Kier molecular flexibility index (Phi) is 5.13. The third-order valence-corrected chi connectivity index (χ3v) is 4.96. The van der Waals surface area contributed by atoms with Gasteiger partial charge in [0.25, 0.3) is 5.91 Å². The van der Waals surface area contributed by atoms with Crippen molar-refractivity contribution in [3.8, 4) is 11.3 Å². The number of amides is 1. The molecule has 5 heteroatoms. The normalized spacial score (nSPS) is 12.1. The molecular weight excluding hydrogens is 320 g/mol. The Morgan fingerprint density at radius 2 is 2.00 bits per heavy atom. The molecule has 2 heterocycles. The molecule has 2 aromatic heterocycles. The first kappa shape index (κ1) is 16.5. The van der Waals surface area contributed by atoms with Crippen molar-refractivity contribution in [2.75, 3.05) is 6.61 Å². The Morgan fingerprint density at radius 1 is 1.21 bits per heavy atom. The largest absolute Gasteiger partial charge is 0.396 e. The SMILES string of the molecule is Cn1ccc(C(=O)NC(CCO)c2cccs2)c1-c1ccccc1. The van der Waals surface area contributed by atoms with Gasteiger partial charge in [0.15, 0.2) is 0 Å². The highest BCUT2D eigenvalue weighted by Crippen LogP contribution is 2.26. The smallest absolute Gasteiger partial charge is 0.253 e. The molecule has 1 atom stereocenters. The highest BCUT2D eigenvalue weighted by atomic mass is 32.1. The number of carbonyl (C=O) groups is 1. The van der Waals surface area contributed by atoms with Crippen LogP contribution in [0.1, 0.15) is 27.7 Å². The molecule has 0 aliphatic carbocycles. The highest BCUT2D eigenvalue weighted by Gasteiger charge is 2.20. The summed E-state index contributed by atoms with van der Waals surface area (Å²) in [5.41, 5.74) is 2.54. The second-order valence-electron chi connectivity index (χ2n) is 5.61. The summed E-state index contributed by atoms with van der Waals surface area (Å²) in [7, 11) is 1.93. The van der Waals surface area contributed by atoms with E-state index in [9.17, 15) is 9.90 Å². The number of hydrogen-bond acceptors (Lipinski definition) is 3. The van der Waals surface area contributed by atoms with E-state index >= 15 is 0 Å². The summed E-state index contributed by atoms with van der Waals surface area (Å²) in [6.45, 7) is 0.0309. The zero-order valence-corrected chi connectivity index (χ0v) is 14.3. The lowest BCUT2D eigenvalue weighted by Gasteiger charge is -2.17. The maximum atomic E-state index is 12.8. The van der Waals surface area contributed by atoms with Crippen LogP contribution in [0.2, 0.25) is 0 Å². The molecule has 0 aliphatic heterocycles. The van der Waals surface area contributed by atoms with Gasteiger partial charge in [0.05, 0.1) is 17.3 Å². The van der Waals surface area contributed by atoms with Gasteiger partial charge in [0, 0.05) is 24.7 Å². The molecule has 0 saturated carbocycles. The minimum absolute atomic E-state index is 0.0309.